The van der Waals surface area contributed by atoms with E-state index in [9.17, 15) is 4.79 Å². The zero-order valence-electron chi connectivity index (χ0n) is 11.3. The third kappa shape index (κ3) is 4.13. The topological polar surface area (TPSA) is 81.3 Å². The van der Waals surface area contributed by atoms with Gasteiger partial charge in [0.25, 0.3) is 0 Å². The maximum Gasteiger partial charge on any atom is 0.376 e. The van der Waals surface area contributed by atoms with Crippen LogP contribution in [0.5, 0.6) is 0 Å². The maximum absolute atomic E-state index is 11.4. The SMILES string of the molecule is CCN(CC(C)C(N)=S)c1ccnc(C(=O)OC)n1. The number of hydrogen-bond donors (Lipinski definition) is 1. The zero-order chi connectivity index (χ0) is 14.4. The zero-order valence-corrected chi connectivity index (χ0v) is 12.1. The van der Waals surface area contributed by atoms with Gasteiger partial charge in [-0.2, -0.15) is 0 Å². The molecule has 1 unspecified atom stereocenters. The molecule has 1 aromatic rings. The molecule has 1 heterocycles. The molecule has 0 saturated carbocycles. The molecule has 0 aromatic carbocycles. The lowest BCUT2D eigenvalue weighted by atomic mass is 10.1. The number of carbonyl (C=O) groups excluding carboxylic acids is 1. The maximum atomic E-state index is 11.4. The first kappa shape index (κ1) is 15.3. The van der Waals surface area contributed by atoms with Gasteiger partial charge >= 0.3 is 5.97 Å². The summed E-state index contributed by atoms with van der Waals surface area (Å²) in [5, 5.41) is 0. The predicted octanol–water partition coefficient (Wildman–Crippen LogP) is 1.01. The summed E-state index contributed by atoms with van der Waals surface area (Å²) in [4.78, 5) is 21.9. The van der Waals surface area contributed by atoms with Crippen LogP contribution in [-0.2, 0) is 4.74 Å². The van der Waals surface area contributed by atoms with Crippen LogP contribution in [0.4, 0.5) is 5.82 Å². The lowest BCUT2D eigenvalue weighted by Crippen LogP contribution is -2.34. The van der Waals surface area contributed by atoms with Crippen LogP contribution < -0.4 is 10.6 Å². The molecule has 19 heavy (non-hydrogen) atoms. The Hall–Kier alpha value is -1.76. The number of esters is 1. The summed E-state index contributed by atoms with van der Waals surface area (Å²) in [7, 11) is 1.30. The molecule has 0 aliphatic carbocycles. The van der Waals surface area contributed by atoms with Crippen molar-refractivity contribution in [2.24, 2.45) is 11.7 Å². The largest absolute Gasteiger partial charge is 0.463 e. The fraction of sp³-hybridized carbons (Fsp3) is 0.500. The van der Waals surface area contributed by atoms with E-state index in [0.717, 1.165) is 6.54 Å². The second-order valence-corrected chi connectivity index (χ2v) is 4.54. The first-order chi connectivity index (χ1) is 8.99. The van der Waals surface area contributed by atoms with Gasteiger partial charge in [-0.3, -0.25) is 0 Å². The van der Waals surface area contributed by atoms with Crippen molar-refractivity contribution in [2.45, 2.75) is 13.8 Å². The molecule has 7 heteroatoms. The van der Waals surface area contributed by atoms with E-state index in [4.69, 9.17) is 18.0 Å². The molecule has 0 amide bonds. The van der Waals surface area contributed by atoms with E-state index in [1.54, 1.807) is 6.07 Å². The molecule has 0 fully saturated rings. The number of nitrogens with two attached hydrogens (primary N) is 1. The molecular weight excluding hydrogens is 264 g/mol. The molecule has 0 bridgehead atoms. The van der Waals surface area contributed by atoms with E-state index in [1.807, 2.05) is 18.7 Å². The fourth-order valence-electron chi connectivity index (χ4n) is 1.52. The Kier molecular flexibility index (Phi) is 5.62. The number of aromatic nitrogens is 2. The molecular formula is C12H18N4O2S. The van der Waals surface area contributed by atoms with Crippen LogP contribution in [0, 0.1) is 5.92 Å². The number of rotatable bonds is 6. The second kappa shape index (κ2) is 6.98. The number of methoxy groups -OCH3 is 1. The van der Waals surface area contributed by atoms with Gasteiger partial charge in [0.1, 0.15) is 5.82 Å². The first-order valence-corrected chi connectivity index (χ1v) is 6.36. The van der Waals surface area contributed by atoms with Crippen molar-refractivity contribution >= 4 is 29.0 Å². The van der Waals surface area contributed by atoms with Crippen LogP contribution in [-0.4, -0.2) is 41.1 Å². The summed E-state index contributed by atoms with van der Waals surface area (Å²) >= 11 is 4.96. The Labute approximate surface area is 118 Å². The second-order valence-electron chi connectivity index (χ2n) is 4.07. The van der Waals surface area contributed by atoms with Gasteiger partial charge in [0, 0.05) is 25.2 Å². The minimum Gasteiger partial charge on any atom is -0.463 e. The number of hydrogen-bond acceptors (Lipinski definition) is 6. The summed E-state index contributed by atoms with van der Waals surface area (Å²) in [5.41, 5.74) is 5.61. The standard InChI is InChI=1S/C12H18N4O2S/c1-4-16(7-8(2)10(13)19)9-5-6-14-11(15-9)12(17)18-3/h5-6,8H,4,7H2,1-3H3,(H2,13,19). The smallest absolute Gasteiger partial charge is 0.376 e. The number of carbonyl (C=O) groups is 1. The van der Waals surface area contributed by atoms with Crippen molar-refractivity contribution in [3.63, 3.8) is 0 Å². The Bertz CT molecular complexity index is 467. The van der Waals surface area contributed by atoms with E-state index < -0.39 is 5.97 Å². The third-order valence-electron chi connectivity index (χ3n) is 2.69. The highest BCUT2D eigenvalue weighted by Gasteiger charge is 2.15. The van der Waals surface area contributed by atoms with E-state index in [-0.39, 0.29) is 11.7 Å². The minimum atomic E-state index is -0.555. The number of thiocarbonyl (C=S) groups is 1. The van der Waals surface area contributed by atoms with Crippen molar-refractivity contribution in [3.05, 3.63) is 18.1 Å². The van der Waals surface area contributed by atoms with Crippen molar-refractivity contribution in [1.82, 2.24) is 9.97 Å². The van der Waals surface area contributed by atoms with E-state index >= 15 is 0 Å². The highest BCUT2D eigenvalue weighted by molar-refractivity contribution is 7.80. The van der Waals surface area contributed by atoms with Crippen molar-refractivity contribution in [1.29, 1.82) is 0 Å². The fourth-order valence-corrected chi connectivity index (χ4v) is 1.59. The van der Waals surface area contributed by atoms with Gasteiger partial charge < -0.3 is 15.4 Å². The van der Waals surface area contributed by atoms with Gasteiger partial charge in [-0.1, -0.05) is 19.1 Å². The summed E-state index contributed by atoms with van der Waals surface area (Å²) in [6.07, 6.45) is 1.53. The lowest BCUT2D eigenvalue weighted by molar-refractivity contribution is 0.0587. The van der Waals surface area contributed by atoms with Crippen LogP contribution in [0.1, 0.15) is 24.5 Å². The molecule has 0 spiro atoms. The van der Waals surface area contributed by atoms with Gasteiger partial charge in [0.15, 0.2) is 0 Å². The summed E-state index contributed by atoms with van der Waals surface area (Å²) in [6, 6.07) is 1.74. The van der Waals surface area contributed by atoms with Crippen LogP contribution in [0.2, 0.25) is 0 Å². The van der Waals surface area contributed by atoms with Crippen molar-refractivity contribution in [3.8, 4) is 0 Å². The summed E-state index contributed by atoms with van der Waals surface area (Å²) < 4.78 is 4.60. The van der Waals surface area contributed by atoms with Gasteiger partial charge in [-0.25, -0.2) is 14.8 Å². The van der Waals surface area contributed by atoms with Crippen LogP contribution in [0.15, 0.2) is 12.3 Å². The van der Waals surface area contributed by atoms with Gasteiger partial charge in [-0.15, -0.1) is 0 Å². The Morgan fingerprint density at radius 3 is 2.84 bits per heavy atom. The van der Waals surface area contributed by atoms with E-state index in [0.29, 0.717) is 17.4 Å². The van der Waals surface area contributed by atoms with Gasteiger partial charge in [0.2, 0.25) is 5.82 Å². The molecule has 0 saturated heterocycles. The van der Waals surface area contributed by atoms with Crippen LogP contribution >= 0.6 is 12.2 Å². The van der Waals surface area contributed by atoms with Crippen molar-refractivity contribution in [2.75, 3.05) is 25.1 Å². The van der Waals surface area contributed by atoms with Gasteiger partial charge in [0.05, 0.1) is 12.1 Å². The Balaban J connectivity index is 2.92. The Morgan fingerprint density at radius 1 is 1.63 bits per heavy atom. The van der Waals surface area contributed by atoms with Crippen molar-refractivity contribution < 1.29 is 9.53 Å². The summed E-state index contributed by atoms with van der Waals surface area (Å²) in [5.74, 6) is 0.203. The normalized spacial score (nSPS) is 11.7. The van der Waals surface area contributed by atoms with Crippen LogP contribution in [0.3, 0.4) is 0 Å². The predicted molar refractivity (Wildman–Crippen MR) is 77.2 cm³/mol. The van der Waals surface area contributed by atoms with Gasteiger partial charge in [-0.05, 0) is 13.0 Å². The van der Waals surface area contributed by atoms with E-state index in [2.05, 4.69) is 14.7 Å². The first-order valence-electron chi connectivity index (χ1n) is 5.95. The average molecular weight is 282 g/mol. The number of nitrogens with zero attached hydrogens (tertiary/aromatic N) is 3. The average Bonchev–Trinajstić information content (AvgIpc) is 2.43. The Morgan fingerprint density at radius 2 is 2.32 bits per heavy atom. The highest BCUT2D eigenvalue weighted by atomic mass is 32.1. The highest BCUT2D eigenvalue weighted by Crippen LogP contribution is 2.12. The molecule has 1 atom stereocenters. The lowest BCUT2D eigenvalue weighted by Gasteiger charge is -2.25. The number of ether oxygens (including phenoxy) is 1. The molecule has 2 N–H and O–H groups in total. The molecule has 104 valence electrons. The molecule has 1 aromatic heterocycles. The third-order valence-corrected chi connectivity index (χ3v) is 3.10. The minimum absolute atomic E-state index is 0.0430. The molecule has 0 aliphatic heterocycles. The monoisotopic (exact) mass is 282 g/mol. The van der Waals surface area contributed by atoms with Crippen LogP contribution in [0.25, 0.3) is 0 Å². The molecule has 6 nitrogen and oxygen atoms in total. The molecule has 1 rings (SSSR count). The number of anilines is 1. The molecule has 0 radical (unpaired) electrons. The quantitative estimate of drug-likeness (QED) is 0.616. The summed E-state index contributed by atoms with van der Waals surface area (Å²) in [6.45, 7) is 5.31. The van der Waals surface area contributed by atoms with E-state index in [1.165, 1.54) is 13.3 Å². The molecule has 0 aliphatic rings.